The van der Waals surface area contributed by atoms with Crippen molar-refractivity contribution in [1.29, 1.82) is 0 Å². The number of aryl methyl sites for hydroxylation is 2. The number of para-hydroxylation sites is 1. The molecule has 14 nitrogen and oxygen atoms in total. The van der Waals surface area contributed by atoms with Crippen LogP contribution in [-0.2, 0) is 23.1 Å². The highest BCUT2D eigenvalue weighted by Gasteiger charge is 2.39. The van der Waals surface area contributed by atoms with E-state index >= 15 is 0 Å². The van der Waals surface area contributed by atoms with Gasteiger partial charge in [0.15, 0.2) is 11.3 Å². The number of carbonyl (C=O) groups excluding carboxylic acids is 4. The van der Waals surface area contributed by atoms with Gasteiger partial charge in [-0.15, -0.1) is 0 Å². The van der Waals surface area contributed by atoms with Crippen molar-refractivity contribution in [1.82, 2.24) is 39.7 Å². The molecule has 0 spiro atoms. The van der Waals surface area contributed by atoms with Crippen molar-refractivity contribution >= 4 is 46.0 Å². The summed E-state index contributed by atoms with van der Waals surface area (Å²) in [6.45, 7) is 0.450. The number of nitrogens with one attached hydrogen (secondary N) is 4. The van der Waals surface area contributed by atoms with Crippen molar-refractivity contribution in [2.45, 2.75) is 56.8 Å². The molecule has 2 fully saturated rings. The fourth-order valence-electron chi connectivity index (χ4n) is 6.49. The Morgan fingerprint density at radius 2 is 1.84 bits per heavy atom. The first-order valence-electron chi connectivity index (χ1n) is 16.6. The van der Waals surface area contributed by atoms with Gasteiger partial charge in [0.1, 0.15) is 12.2 Å². The third-order valence-electron chi connectivity index (χ3n) is 9.31. The van der Waals surface area contributed by atoms with Crippen molar-refractivity contribution in [3.63, 3.8) is 0 Å². The number of amides is 4. The Balaban J connectivity index is 0.973. The number of hydrogen-bond donors (Lipinski definition) is 4. The molecule has 1 unspecified atom stereocenters. The Morgan fingerprint density at radius 1 is 1.06 bits per heavy atom. The number of carbonyl (C=O) groups is 4. The van der Waals surface area contributed by atoms with E-state index in [9.17, 15) is 28.4 Å². The average Bonchev–Trinajstić information content (AvgIpc) is 3.52. The lowest BCUT2D eigenvalue weighted by Crippen LogP contribution is -2.44. The Labute approximate surface area is 285 Å². The van der Waals surface area contributed by atoms with E-state index in [1.54, 1.807) is 49.0 Å². The predicted molar refractivity (Wildman–Crippen MR) is 183 cm³/mol. The number of fused-ring (bicyclic) bond motifs is 2. The number of imide groups is 1. The SMILES string of the molecule is CNc1cc(-c2ccc(C(=O)NCCCCc3cccc4c3n(C)c(=O)n4C3CCC(=O)NC3=O)cc2)nn2c(C(=O)N[C@@H]3C[C@@H]3F)cnc12. The van der Waals surface area contributed by atoms with Gasteiger partial charge in [-0.1, -0.05) is 24.3 Å². The summed E-state index contributed by atoms with van der Waals surface area (Å²) >= 11 is 0. The number of alkyl halides is 1. The summed E-state index contributed by atoms with van der Waals surface area (Å²) in [5.74, 6) is -1.47. The summed E-state index contributed by atoms with van der Waals surface area (Å²) < 4.78 is 17.8. The van der Waals surface area contributed by atoms with Crippen LogP contribution < -0.4 is 27.0 Å². The number of rotatable bonds is 11. The molecule has 2 aliphatic rings. The topological polar surface area (TPSA) is 174 Å². The van der Waals surface area contributed by atoms with Crippen LogP contribution in [0.2, 0.25) is 0 Å². The first-order chi connectivity index (χ1) is 24.1. The zero-order valence-electron chi connectivity index (χ0n) is 27.5. The van der Waals surface area contributed by atoms with E-state index in [0.717, 1.165) is 23.1 Å². The smallest absolute Gasteiger partial charge is 0.329 e. The molecule has 5 aromatic rings. The molecule has 258 valence electrons. The van der Waals surface area contributed by atoms with Crippen LogP contribution in [-0.4, -0.2) is 73.2 Å². The standard InChI is InChI=1S/C35H36FN9O5/c1-37-25-17-23(42-45-28(18-39-31(25)45)34(49)40-24-16-22(24)36)19-9-11-21(12-10-19)32(47)38-15-4-3-6-20-7-5-8-26-30(20)43(2)35(50)44(26)27-13-14-29(46)41-33(27)48/h5,7-12,17-18,22,24,27,37H,3-4,6,13-16H2,1-2H3,(H,38,47)(H,40,49)(H,41,46,48)/t22-,24+,27?/m0/s1. The fraction of sp³-hybridized carbons (Fsp3) is 0.343. The second-order valence-corrected chi connectivity index (χ2v) is 12.7. The minimum atomic E-state index is -1.03. The van der Waals surface area contributed by atoms with E-state index in [2.05, 4.69) is 31.3 Å². The van der Waals surface area contributed by atoms with Gasteiger partial charge in [0.05, 0.1) is 34.7 Å². The molecule has 50 heavy (non-hydrogen) atoms. The number of anilines is 1. The van der Waals surface area contributed by atoms with Crippen molar-refractivity contribution in [3.05, 3.63) is 82.0 Å². The number of imidazole rings is 2. The quantitative estimate of drug-likeness (QED) is 0.122. The summed E-state index contributed by atoms with van der Waals surface area (Å²) in [6, 6.07) is 13.2. The number of benzene rings is 2. The normalized spacial score (nSPS) is 18.7. The Hall–Kier alpha value is -5.86. The van der Waals surface area contributed by atoms with Crippen LogP contribution in [0.15, 0.2) is 59.5 Å². The number of nitrogens with zero attached hydrogens (tertiary/aromatic N) is 5. The summed E-state index contributed by atoms with van der Waals surface area (Å²) in [7, 11) is 3.42. The van der Waals surface area contributed by atoms with E-state index in [-0.39, 0.29) is 36.0 Å². The zero-order valence-corrected chi connectivity index (χ0v) is 27.5. The van der Waals surface area contributed by atoms with Gasteiger partial charge in [0.2, 0.25) is 11.8 Å². The predicted octanol–water partition coefficient (Wildman–Crippen LogP) is 2.66. The second kappa shape index (κ2) is 13.2. The van der Waals surface area contributed by atoms with Crippen molar-refractivity contribution < 1.29 is 23.6 Å². The van der Waals surface area contributed by atoms with Crippen LogP contribution in [0.25, 0.3) is 27.9 Å². The van der Waals surface area contributed by atoms with E-state index < -0.39 is 30.1 Å². The largest absolute Gasteiger partial charge is 0.385 e. The highest BCUT2D eigenvalue weighted by Crippen LogP contribution is 2.28. The fourth-order valence-corrected chi connectivity index (χ4v) is 6.49. The summed E-state index contributed by atoms with van der Waals surface area (Å²) in [4.78, 5) is 67.4. The number of piperidine rings is 1. The molecule has 7 rings (SSSR count). The highest BCUT2D eigenvalue weighted by molar-refractivity contribution is 6.00. The molecule has 0 bridgehead atoms. The van der Waals surface area contributed by atoms with Gasteiger partial charge in [-0.2, -0.15) is 5.10 Å². The van der Waals surface area contributed by atoms with Crippen molar-refractivity contribution in [2.75, 3.05) is 18.9 Å². The lowest BCUT2D eigenvalue weighted by atomic mass is 10.0. The summed E-state index contributed by atoms with van der Waals surface area (Å²) in [5.41, 5.74) is 5.11. The molecule has 4 N–H and O–H groups in total. The number of hydrogen-bond acceptors (Lipinski definition) is 8. The lowest BCUT2D eigenvalue weighted by Gasteiger charge is -2.21. The third-order valence-corrected chi connectivity index (χ3v) is 9.31. The molecule has 1 saturated carbocycles. The lowest BCUT2D eigenvalue weighted by molar-refractivity contribution is -0.135. The molecular weight excluding hydrogens is 645 g/mol. The van der Waals surface area contributed by atoms with Gasteiger partial charge in [-0.05, 0) is 55.5 Å². The molecule has 4 heterocycles. The maximum atomic E-state index is 13.4. The third kappa shape index (κ3) is 6.10. The molecule has 4 amide bonds. The molecule has 15 heteroatoms. The first-order valence-corrected chi connectivity index (χ1v) is 16.6. The Kier molecular flexibility index (Phi) is 8.64. The number of aromatic nitrogens is 5. The van der Waals surface area contributed by atoms with Gasteiger partial charge in [0.25, 0.3) is 11.8 Å². The van der Waals surface area contributed by atoms with Gasteiger partial charge in [-0.25, -0.2) is 18.7 Å². The average molecular weight is 682 g/mol. The van der Waals surface area contributed by atoms with Crippen LogP contribution in [0.4, 0.5) is 10.1 Å². The molecule has 3 aromatic heterocycles. The second-order valence-electron chi connectivity index (χ2n) is 12.7. The molecule has 3 atom stereocenters. The molecule has 1 aliphatic carbocycles. The molecule has 1 saturated heterocycles. The summed E-state index contributed by atoms with van der Waals surface area (Å²) in [5, 5.41) is 15.7. The molecule has 2 aromatic carbocycles. The molecule has 1 aliphatic heterocycles. The Bertz CT molecular complexity index is 2220. The van der Waals surface area contributed by atoms with E-state index in [0.29, 0.717) is 53.9 Å². The number of unbranched alkanes of at least 4 members (excludes halogenated alkanes) is 1. The maximum absolute atomic E-state index is 13.4. The van der Waals surface area contributed by atoms with Gasteiger partial charge >= 0.3 is 5.69 Å². The molecule has 0 radical (unpaired) electrons. The van der Waals surface area contributed by atoms with Crippen LogP contribution in [0.3, 0.4) is 0 Å². The van der Waals surface area contributed by atoms with Crippen LogP contribution in [0.5, 0.6) is 0 Å². The van der Waals surface area contributed by atoms with Gasteiger partial charge in [-0.3, -0.25) is 33.6 Å². The van der Waals surface area contributed by atoms with Crippen LogP contribution >= 0.6 is 0 Å². The number of halogens is 1. The minimum absolute atomic E-state index is 0.179. The monoisotopic (exact) mass is 681 g/mol. The zero-order chi connectivity index (χ0) is 35.1. The van der Waals surface area contributed by atoms with Crippen LogP contribution in [0, 0.1) is 0 Å². The first kappa shape index (κ1) is 32.7. The minimum Gasteiger partial charge on any atom is -0.385 e. The van der Waals surface area contributed by atoms with Gasteiger partial charge in [0, 0.05) is 44.6 Å². The van der Waals surface area contributed by atoms with Gasteiger partial charge < -0.3 is 16.0 Å². The highest BCUT2D eigenvalue weighted by atomic mass is 19.1. The van der Waals surface area contributed by atoms with Crippen molar-refractivity contribution in [2.24, 2.45) is 7.05 Å². The maximum Gasteiger partial charge on any atom is 0.329 e. The van der Waals surface area contributed by atoms with E-state index in [4.69, 9.17) is 0 Å². The van der Waals surface area contributed by atoms with E-state index in [1.807, 2.05) is 18.2 Å². The van der Waals surface area contributed by atoms with Crippen molar-refractivity contribution in [3.8, 4) is 11.3 Å². The summed E-state index contributed by atoms with van der Waals surface area (Å²) in [6.07, 6.45) is 3.25. The molecular formula is C35H36FN9O5. The van der Waals surface area contributed by atoms with E-state index in [1.165, 1.54) is 15.3 Å². The Morgan fingerprint density at radius 3 is 2.56 bits per heavy atom. The van der Waals surface area contributed by atoms with Crippen LogP contribution in [0.1, 0.15) is 64.6 Å².